The first-order chi connectivity index (χ1) is 10.2. The summed E-state index contributed by atoms with van der Waals surface area (Å²) in [4.78, 5) is 16.6. The second-order valence-corrected chi connectivity index (χ2v) is 7.72. The van der Waals surface area contributed by atoms with E-state index in [1.807, 2.05) is 0 Å². The van der Waals surface area contributed by atoms with E-state index in [9.17, 15) is 4.79 Å². The molecule has 4 aliphatic heterocycles. The standard InChI is InChI=1S/C17H28N2O2/c20-17(21)11-12-9-13-4-5-14(10-12)19(13)16-6-8-18-7-2-1-3-15(16)18/h12-16H,1-11H2,(H,20,21). The fraction of sp³-hybridized carbons (Fsp3) is 0.941. The van der Waals surface area contributed by atoms with Crippen molar-refractivity contribution in [3.8, 4) is 0 Å². The molecular formula is C17H28N2O2. The number of carbonyl (C=O) groups is 1. The van der Waals surface area contributed by atoms with Crippen LogP contribution in [0, 0.1) is 5.92 Å². The van der Waals surface area contributed by atoms with Crippen molar-refractivity contribution in [2.24, 2.45) is 5.92 Å². The normalized spacial score (nSPS) is 43.9. The van der Waals surface area contributed by atoms with Gasteiger partial charge < -0.3 is 5.11 Å². The number of nitrogens with zero attached hydrogens (tertiary/aromatic N) is 2. The molecule has 0 spiro atoms. The highest BCUT2D eigenvalue weighted by atomic mass is 16.4. The summed E-state index contributed by atoms with van der Waals surface area (Å²) in [5.41, 5.74) is 0. The van der Waals surface area contributed by atoms with Gasteiger partial charge in [-0.2, -0.15) is 0 Å². The van der Waals surface area contributed by atoms with Gasteiger partial charge in [-0.1, -0.05) is 6.42 Å². The highest BCUT2D eigenvalue weighted by Gasteiger charge is 2.48. The van der Waals surface area contributed by atoms with Crippen molar-refractivity contribution in [1.29, 1.82) is 0 Å². The summed E-state index contributed by atoms with van der Waals surface area (Å²) in [5.74, 6) is -0.174. The Morgan fingerprint density at radius 2 is 1.71 bits per heavy atom. The summed E-state index contributed by atoms with van der Waals surface area (Å²) in [5, 5.41) is 9.07. The summed E-state index contributed by atoms with van der Waals surface area (Å²) in [6, 6.07) is 2.94. The van der Waals surface area contributed by atoms with Crippen molar-refractivity contribution in [3.63, 3.8) is 0 Å². The molecule has 4 atom stereocenters. The summed E-state index contributed by atoms with van der Waals surface area (Å²) in [7, 11) is 0. The summed E-state index contributed by atoms with van der Waals surface area (Å²) < 4.78 is 0. The van der Waals surface area contributed by atoms with Gasteiger partial charge >= 0.3 is 5.97 Å². The quantitative estimate of drug-likeness (QED) is 0.867. The predicted molar refractivity (Wildman–Crippen MR) is 81.2 cm³/mol. The van der Waals surface area contributed by atoms with Crippen molar-refractivity contribution >= 4 is 5.97 Å². The van der Waals surface area contributed by atoms with Gasteiger partial charge in [0.15, 0.2) is 0 Å². The lowest BCUT2D eigenvalue weighted by atomic mass is 9.85. The van der Waals surface area contributed by atoms with Gasteiger partial charge in [-0.3, -0.25) is 14.6 Å². The van der Waals surface area contributed by atoms with E-state index in [-0.39, 0.29) is 0 Å². The van der Waals surface area contributed by atoms with Crippen LogP contribution in [0.2, 0.25) is 0 Å². The van der Waals surface area contributed by atoms with E-state index in [0.717, 1.165) is 24.9 Å². The average Bonchev–Trinajstić information content (AvgIpc) is 2.97. The molecule has 4 rings (SSSR count). The number of hydrogen-bond acceptors (Lipinski definition) is 3. The van der Waals surface area contributed by atoms with Crippen LogP contribution in [-0.4, -0.2) is 58.1 Å². The number of rotatable bonds is 3. The third kappa shape index (κ3) is 2.50. The van der Waals surface area contributed by atoms with Gasteiger partial charge in [-0.15, -0.1) is 0 Å². The Morgan fingerprint density at radius 3 is 2.43 bits per heavy atom. The van der Waals surface area contributed by atoms with Crippen LogP contribution in [0.3, 0.4) is 0 Å². The summed E-state index contributed by atoms with van der Waals surface area (Å²) >= 11 is 0. The number of aliphatic carboxylic acids is 1. The molecule has 4 fully saturated rings. The Hall–Kier alpha value is -0.610. The Kier molecular flexibility index (Phi) is 3.70. The molecule has 2 bridgehead atoms. The van der Waals surface area contributed by atoms with E-state index in [1.165, 1.54) is 51.6 Å². The zero-order valence-corrected chi connectivity index (χ0v) is 12.9. The van der Waals surface area contributed by atoms with Crippen LogP contribution in [0.4, 0.5) is 0 Å². The number of hydrogen-bond donors (Lipinski definition) is 1. The Labute approximate surface area is 127 Å². The van der Waals surface area contributed by atoms with Gasteiger partial charge in [0.05, 0.1) is 0 Å². The van der Waals surface area contributed by atoms with Crippen molar-refractivity contribution in [2.45, 2.75) is 82.0 Å². The SMILES string of the molecule is O=C(O)CC1CC2CCC(C1)N2C1CCN2CCCCC12. The van der Waals surface area contributed by atoms with Gasteiger partial charge in [-0.05, 0) is 57.4 Å². The van der Waals surface area contributed by atoms with Crippen LogP contribution < -0.4 is 0 Å². The number of fused-ring (bicyclic) bond motifs is 3. The highest BCUT2D eigenvalue weighted by Crippen LogP contribution is 2.44. The maximum absolute atomic E-state index is 11.0. The van der Waals surface area contributed by atoms with Gasteiger partial charge in [0, 0.05) is 37.1 Å². The number of piperidine rings is 2. The van der Waals surface area contributed by atoms with Gasteiger partial charge in [-0.25, -0.2) is 0 Å². The van der Waals surface area contributed by atoms with E-state index >= 15 is 0 Å². The molecule has 4 saturated heterocycles. The maximum atomic E-state index is 11.0. The molecule has 4 nitrogen and oxygen atoms in total. The van der Waals surface area contributed by atoms with Crippen LogP contribution >= 0.6 is 0 Å². The second kappa shape index (κ2) is 5.54. The van der Waals surface area contributed by atoms with Gasteiger partial charge in [0.1, 0.15) is 0 Å². The third-order valence-electron chi connectivity index (χ3n) is 6.55. The van der Waals surface area contributed by atoms with Crippen molar-refractivity contribution < 1.29 is 9.90 Å². The number of carboxylic acids is 1. The summed E-state index contributed by atoms with van der Waals surface area (Å²) in [6.45, 7) is 2.61. The Bertz CT molecular complexity index is 400. The summed E-state index contributed by atoms with van der Waals surface area (Å²) in [6.07, 6.45) is 10.8. The van der Waals surface area contributed by atoms with Crippen LogP contribution in [0.15, 0.2) is 0 Å². The molecule has 0 radical (unpaired) electrons. The monoisotopic (exact) mass is 292 g/mol. The minimum absolute atomic E-state index is 0.390. The largest absolute Gasteiger partial charge is 0.481 e. The van der Waals surface area contributed by atoms with E-state index in [4.69, 9.17) is 5.11 Å². The minimum Gasteiger partial charge on any atom is -0.481 e. The molecule has 118 valence electrons. The Balaban J connectivity index is 1.46. The molecule has 0 aliphatic carbocycles. The molecular weight excluding hydrogens is 264 g/mol. The molecule has 4 heterocycles. The third-order valence-corrected chi connectivity index (χ3v) is 6.55. The zero-order valence-electron chi connectivity index (χ0n) is 12.9. The van der Waals surface area contributed by atoms with Crippen LogP contribution in [0.1, 0.15) is 57.8 Å². The molecule has 4 aliphatic rings. The Morgan fingerprint density at radius 1 is 0.952 bits per heavy atom. The van der Waals surface area contributed by atoms with Crippen molar-refractivity contribution in [3.05, 3.63) is 0 Å². The molecule has 21 heavy (non-hydrogen) atoms. The molecule has 0 saturated carbocycles. The molecule has 4 heteroatoms. The molecule has 0 aromatic heterocycles. The van der Waals surface area contributed by atoms with E-state index in [2.05, 4.69) is 9.80 Å². The minimum atomic E-state index is -0.604. The lowest BCUT2D eigenvalue weighted by Crippen LogP contribution is -2.54. The molecule has 1 N–H and O–H groups in total. The highest BCUT2D eigenvalue weighted by molar-refractivity contribution is 5.67. The van der Waals surface area contributed by atoms with Crippen molar-refractivity contribution in [2.75, 3.05) is 13.1 Å². The van der Waals surface area contributed by atoms with Crippen molar-refractivity contribution in [1.82, 2.24) is 9.80 Å². The average molecular weight is 292 g/mol. The molecule has 0 aromatic carbocycles. The second-order valence-electron chi connectivity index (χ2n) is 7.72. The van der Waals surface area contributed by atoms with E-state index in [0.29, 0.717) is 24.4 Å². The fourth-order valence-electron chi connectivity index (χ4n) is 5.85. The van der Waals surface area contributed by atoms with Crippen LogP contribution in [0.25, 0.3) is 0 Å². The molecule has 0 aromatic rings. The molecule has 4 unspecified atom stereocenters. The lowest BCUT2D eigenvalue weighted by Gasteiger charge is -2.45. The topological polar surface area (TPSA) is 43.8 Å². The fourth-order valence-corrected chi connectivity index (χ4v) is 5.85. The molecule has 0 amide bonds. The van der Waals surface area contributed by atoms with Crippen LogP contribution in [0.5, 0.6) is 0 Å². The smallest absolute Gasteiger partial charge is 0.303 e. The first-order valence-corrected chi connectivity index (χ1v) is 8.95. The number of carboxylic acid groups (broad SMARTS) is 1. The van der Waals surface area contributed by atoms with Gasteiger partial charge in [0.2, 0.25) is 0 Å². The predicted octanol–water partition coefficient (Wildman–Crippen LogP) is 2.33. The first kappa shape index (κ1) is 14.0. The zero-order chi connectivity index (χ0) is 14.4. The lowest BCUT2D eigenvalue weighted by molar-refractivity contribution is -0.138. The van der Waals surface area contributed by atoms with Gasteiger partial charge in [0.25, 0.3) is 0 Å². The van der Waals surface area contributed by atoms with Crippen LogP contribution in [-0.2, 0) is 4.79 Å². The first-order valence-electron chi connectivity index (χ1n) is 8.95. The van der Waals surface area contributed by atoms with E-state index in [1.54, 1.807) is 0 Å². The maximum Gasteiger partial charge on any atom is 0.303 e. The van der Waals surface area contributed by atoms with E-state index < -0.39 is 5.97 Å².